The second kappa shape index (κ2) is 7.24. The maximum absolute atomic E-state index is 13.6. The molecule has 29 heavy (non-hydrogen) atoms. The van der Waals surface area contributed by atoms with E-state index >= 15 is 0 Å². The van der Waals surface area contributed by atoms with Crippen LogP contribution in [-0.2, 0) is 15.9 Å². The fraction of sp³-hybridized carbons (Fsp3) is 0.391. The monoisotopic (exact) mass is 412 g/mol. The van der Waals surface area contributed by atoms with Gasteiger partial charge in [-0.3, -0.25) is 9.59 Å². The summed E-state index contributed by atoms with van der Waals surface area (Å²) in [5.74, 6) is -0.297. The number of benzene rings is 2. The van der Waals surface area contributed by atoms with Crippen LogP contribution in [0.1, 0.15) is 40.7 Å². The van der Waals surface area contributed by atoms with E-state index in [-0.39, 0.29) is 30.5 Å². The lowest BCUT2D eigenvalue weighted by Gasteiger charge is -2.40. The molecule has 2 heterocycles. The molecule has 5 nitrogen and oxygen atoms in total. The van der Waals surface area contributed by atoms with Crippen LogP contribution in [0, 0.1) is 0 Å². The lowest BCUT2D eigenvalue weighted by atomic mass is 9.71. The maximum atomic E-state index is 13.6. The van der Waals surface area contributed by atoms with Gasteiger partial charge in [-0.15, -0.1) is 0 Å². The average molecular weight is 413 g/mol. The number of hydrogen-bond acceptors (Lipinski definition) is 3. The number of fused-ring (bicyclic) bond motifs is 3. The van der Waals surface area contributed by atoms with Gasteiger partial charge in [0.15, 0.2) is 11.5 Å². The highest BCUT2D eigenvalue weighted by Crippen LogP contribution is 2.59. The molecule has 5 rings (SSSR count). The molecule has 2 atom stereocenters. The number of Topliss-reactive ketones (excluding diaryl/α,β-unsaturated/α-hetero) is 1. The molecule has 0 radical (unpaired) electrons. The zero-order valence-electron chi connectivity index (χ0n) is 16.2. The third-order valence-corrected chi connectivity index (χ3v) is 6.90. The summed E-state index contributed by atoms with van der Waals surface area (Å²) in [5.41, 5.74) is -1.10. The Morgan fingerprint density at radius 1 is 0.966 bits per heavy atom. The summed E-state index contributed by atoms with van der Waals surface area (Å²) < 4.78 is 0. The fourth-order valence-corrected chi connectivity index (χ4v) is 5.52. The summed E-state index contributed by atoms with van der Waals surface area (Å²) in [6.07, 6.45) is 2.43. The number of aliphatic hydroxyl groups is 1. The third-order valence-electron chi connectivity index (χ3n) is 6.90. The van der Waals surface area contributed by atoms with Crippen molar-refractivity contribution in [3.05, 3.63) is 71.3 Å². The predicted octanol–water partition coefficient (Wildman–Crippen LogP) is -2.12. The molecule has 6 heteroatoms. The van der Waals surface area contributed by atoms with E-state index in [2.05, 4.69) is 0 Å². The minimum absolute atomic E-state index is 0. The highest BCUT2D eigenvalue weighted by atomic mass is 35.5. The standard InChI is InChI=1S/C23H24N2O3.ClH/c26-20-16-22(17-8-2-1-3-9-17)21(27)18-10-4-5-11-19(18)23(22,28)25(20)15-14-24-12-6-7-13-24;/h1-5,8-11,28H,6-7,12-16H2;1H. The Hall–Kier alpha value is -2.21. The Kier molecular flexibility index (Phi) is 5.01. The van der Waals surface area contributed by atoms with Gasteiger partial charge < -0.3 is 27.3 Å². The van der Waals surface area contributed by atoms with Crippen LogP contribution in [0.25, 0.3) is 0 Å². The number of carbonyl (C=O) groups is 2. The fourth-order valence-electron chi connectivity index (χ4n) is 5.52. The lowest BCUT2D eigenvalue weighted by molar-refractivity contribution is -0.886. The van der Waals surface area contributed by atoms with Crippen LogP contribution >= 0.6 is 0 Å². The molecular weight excluding hydrogens is 388 g/mol. The minimum Gasteiger partial charge on any atom is -1.00 e. The Balaban J connectivity index is 0.00000205. The quantitative estimate of drug-likeness (QED) is 0.604. The first-order valence-electron chi connectivity index (χ1n) is 10.2. The van der Waals surface area contributed by atoms with E-state index in [4.69, 9.17) is 0 Å². The van der Waals surface area contributed by atoms with Crippen molar-refractivity contribution in [3.63, 3.8) is 0 Å². The Morgan fingerprint density at radius 3 is 2.34 bits per heavy atom. The number of halogens is 1. The van der Waals surface area contributed by atoms with Gasteiger partial charge in [0.05, 0.1) is 26.2 Å². The van der Waals surface area contributed by atoms with E-state index in [1.54, 1.807) is 17.0 Å². The van der Waals surface area contributed by atoms with Gasteiger partial charge in [-0.1, -0.05) is 54.6 Å². The van der Waals surface area contributed by atoms with Gasteiger partial charge in [0.1, 0.15) is 5.41 Å². The second-order valence-corrected chi connectivity index (χ2v) is 8.25. The molecule has 2 aromatic carbocycles. The van der Waals surface area contributed by atoms with Crippen molar-refractivity contribution in [2.75, 3.05) is 26.2 Å². The Bertz CT molecular complexity index is 944. The highest BCUT2D eigenvalue weighted by Gasteiger charge is 2.72. The van der Waals surface area contributed by atoms with Gasteiger partial charge >= 0.3 is 0 Å². The number of nitrogens with zero attached hydrogens (tertiary/aromatic N) is 1. The van der Waals surface area contributed by atoms with Crippen LogP contribution in [0.3, 0.4) is 0 Å². The van der Waals surface area contributed by atoms with E-state index in [1.807, 2.05) is 42.5 Å². The number of amides is 1. The SMILES string of the molecule is O=C1CC2(c3ccccc3)C(=O)c3ccccc3C2(O)N1CC[NH+]1CCCC1.[Cl-]. The van der Waals surface area contributed by atoms with Crippen LogP contribution in [-0.4, -0.2) is 47.9 Å². The summed E-state index contributed by atoms with van der Waals surface area (Å²) in [7, 11) is 0. The van der Waals surface area contributed by atoms with Crippen LogP contribution in [0.15, 0.2) is 54.6 Å². The summed E-state index contributed by atoms with van der Waals surface area (Å²) in [5, 5.41) is 12.1. The summed E-state index contributed by atoms with van der Waals surface area (Å²) in [4.78, 5) is 29.8. The molecule has 3 aliphatic rings. The van der Waals surface area contributed by atoms with E-state index in [0.717, 1.165) is 19.6 Å². The van der Waals surface area contributed by atoms with E-state index in [9.17, 15) is 14.7 Å². The van der Waals surface area contributed by atoms with Crippen molar-refractivity contribution < 1.29 is 32.0 Å². The number of hydrogen-bond donors (Lipinski definition) is 2. The van der Waals surface area contributed by atoms with Crippen molar-refractivity contribution in [2.45, 2.75) is 30.4 Å². The van der Waals surface area contributed by atoms with Crippen molar-refractivity contribution in [1.82, 2.24) is 4.90 Å². The number of ketones is 1. The number of carbonyl (C=O) groups excluding carboxylic acids is 2. The zero-order chi connectivity index (χ0) is 19.4. The lowest BCUT2D eigenvalue weighted by Crippen LogP contribution is -3.10. The molecule has 2 N–H and O–H groups in total. The average Bonchev–Trinajstić information content (AvgIpc) is 3.36. The van der Waals surface area contributed by atoms with Crippen molar-refractivity contribution in [1.29, 1.82) is 0 Å². The molecule has 0 bridgehead atoms. The first kappa shape index (κ1) is 20.1. The molecular formula is C23H25ClN2O3. The number of quaternary nitrogens is 1. The molecule has 1 amide bonds. The molecule has 2 aliphatic heterocycles. The van der Waals surface area contributed by atoms with Gasteiger partial charge in [0.2, 0.25) is 5.91 Å². The predicted molar refractivity (Wildman–Crippen MR) is 104 cm³/mol. The first-order chi connectivity index (χ1) is 13.6. The molecule has 0 spiro atoms. The molecule has 0 aromatic heterocycles. The molecule has 2 saturated heterocycles. The van der Waals surface area contributed by atoms with Gasteiger partial charge in [0.25, 0.3) is 0 Å². The Labute approximate surface area is 176 Å². The third kappa shape index (κ3) is 2.61. The molecule has 1 aliphatic carbocycles. The molecule has 2 unspecified atom stereocenters. The molecule has 2 aromatic rings. The first-order valence-corrected chi connectivity index (χ1v) is 10.2. The summed E-state index contributed by atoms with van der Waals surface area (Å²) in [6, 6.07) is 16.5. The van der Waals surface area contributed by atoms with E-state index < -0.39 is 11.1 Å². The molecule has 152 valence electrons. The van der Waals surface area contributed by atoms with Gasteiger partial charge in [0, 0.05) is 30.4 Å². The summed E-state index contributed by atoms with van der Waals surface area (Å²) in [6.45, 7) is 3.48. The van der Waals surface area contributed by atoms with E-state index in [1.165, 1.54) is 17.7 Å². The highest BCUT2D eigenvalue weighted by molar-refractivity contribution is 6.14. The number of rotatable bonds is 4. The van der Waals surface area contributed by atoms with Crippen LogP contribution in [0.2, 0.25) is 0 Å². The van der Waals surface area contributed by atoms with Crippen molar-refractivity contribution in [3.8, 4) is 0 Å². The van der Waals surface area contributed by atoms with Crippen molar-refractivity contribution >= 4 is 11.7 Å². The molecule has 0 saturated carbocycles. The Morgan fingerprint density at radius 2 is 1.62 bits per heavy atom. The van der Waals surface area contributed by atoms with Crippen LogP contribution < -0.4 is 17.3 Å². The second-order valence-electron chi connectivity index (χ2n) is 8.25. The topological polar surface area (TPSA) is 62.1 Å². The smallest absolute Gasteiger partial charge is 0.226 e. The maximum Gasteiger partial charge on any atom is 0.226 e. The minimum atomic E-state index is -1.63. The van der Waals surface area contributed by atoms with Crippen LogP contribution in [0.4, 0.5) is 0 Å². The largest absolute Gasteiger partial charge is 1.00 e. The zero-order valence-corrected chi connectivity index (χ0v) is 17.0. The molecule has 2 fully saturated rings. The number of likely N-dealkylation sites (tertiary alicyclic amines) is 2. The van der Waals surface area contributed by atoms with Gasteiger partial charge in [-0.05, 0) is 5.56 Å². The van der Waals surface area contributed by atoms with Crippen molar-refractivity contribution in [2.24, 2.45) is 0 Å². The normalized spacial score (nSPS) is 28.4. The van der Waals surface area contributed by atoms with Crippen LogP contribution in [0.5, 0.6) is 0 Å². The number of nitrogens with one attached hydrogen (secondary N) is 1. The summed E-state index contributed by atoms with van der Waals surface area (Å²) >= 11 is 0. The van der Waals surface area contributed by atoms with E-state index in [0.29, 0.717) is 23.2 Å². The van der Waals surface area contributed by atoms with Gasteiger partial charge in [-0.2, -0.15) is 0 Å². The van der Waals surface area contributed by atoms with Gasteiger partial charge in [-0.25, -0.2) is 0 Å².